The van der Waals surface area contributed by atoms with Crippen LogP contribution < -0.4 is 0 Å². The van der Waals surface area contributed by atoms with Gasteiger partial charge in [0.15, 0.2) is 0 Å². The zero-order valence-corrected chi connectivity index (χ0v) is 28.1. The van der Waals surface area contributed by atoms with Crippen molar-refractivity contribution >= 4 is 0 Å². The van der Waals surface area contributed by atoms with Crippen LogP contribution in [-0.4, -0.2) is 22.4 Å². The molecule has 4 atom stereocenters. The van der Waals surface area contributed by atoms with E-state index in [1.54, 1.807) is 0 Å². The van der Waals surface area contributed by atoms with Gasteiger partial charge in [0.25, 0.3) is 0 Å². The van der Waals surface area contributed by atoms with Crippen LogP contribution in [0.2, 0.25) is 0 Å². The number of hydrogen-bond acceptors (Lipinski definition) is 2. The van der Waals surface area contributed by atoms with Gasteiger partial charge in [-0.05, 0) is 88.5 Å². The summed E-state index contributed by atoms with van der Waals surface area (Å²) in [7, 11) is 0. The topological polar surface area (TPSA) is 40.5 Å². The number of hydrogen-bond donors (Lipinski definition) is 2. The van der Waals surface area contributed by atoms with Gasteiger partial charge in [0.05, 0.1) is 12.2 Å². The van der Waals surface area contributed by atoms with Crippen molar-refractivity contribution in [3.8, 4) is 0 Å². The van der Waals surface area contributed by atoms with E-state index in [9.17, 15) is 10.2 Å². The maximum absolute atomic E-state index is 10.1. The summed E-state index contributed by atoms with van der Waals surface area (Å²) in [4.78, 5) is 0. The van der Waals surface area contributed by atoms with Gasteiger partial charge in [-0.15, -0.1) is 0 Å². The van der Waals surface area contributed by atoms with Crippen LogP contribution >= 0.6 is 0 Å². The summed E-state index contributed by atoms with van der Waals surface area (Å²) >= 11 is 0. The van der Waals surface area contributed by atoms with Gasteiger partial charge >= 0.3 is 0 Å². The second-order valence-corrected chi connectivity index (χ2v) is 14.2. The van der Waals surface area contributed by atoms with Crippen molar-refractivity contribution in [2.24, 2.45) is 22.7 Å². The lowest BCUT2D eigenvalue weighted by atomic mass is 9.63. The van der Waals surface area contributed by atoms with E-state index in [2.05, 4.69) is 154 Å². The third-order valence-corrected chi connectivity index (χ3v) is 8.74. The highest BCUT2D eigenvalue weighted by Crippen LogP contribution is 2.45. The first-order chi connectivity index (χ1) is 19.6. The number of aliphatic hydroxyl groups is 2. The van der Waals surface area contributed by atoms with Crippen molar-refractivity contribution < 1.29 is 10.2 Å². The van der Waals surface area contributed by atoms with Crippen molar-refractivity contribution in [3.05, 3.63) is 119 Å². The number of aliphatic hydroxyl groups excluding tert-OH is 2. The quantitative estimate of drug-likeness (QED) is 0.256. The van der Waals surface area contributed by atoms with Crippen LogP contribution in [0.3, 0.4) is 0 Å². The fourth-order valence-electron chi connectivity index (χ4n) is 6.61. The van der Waals surface area contributed by atoms with E-state index in [0.717, 1.165) is 25.7 Å². The molecule has 0 aliphatic heterocycles. The third-order valence-electron chi connectivity index (χ3n) is 8.74. The fraction of sp³-hybridized carbons (Fsp3) is 0.500. The molecule has 2 aliphatic carbocycles. The van der Waals surface area contributed by atoms with E-state index in [1.165, 1.54) is 33.4 Å². The van der Waals surface area contributed by atoms with Gasteiger partial charge < -0.3 is 10.2 Å². The van der Waals surface area contributed by atoms with E-state index in [0.29, 0.717) is 11.8 Å². The average Bonchev–Trinajstić information content (AvgIpc) is 2.84. The van der Waals surface area contributed by atoms with Crippen molar-refractivity contribution in [2.75, 3.05) is 0 Å². The van der Waals surface area contributed by atoms with Gasteiger partial charge in [0.2, 0.25) is 0 Å². The molecule has 0 bridgehead atoms. The first kappa shape index (κ1) is 35.5. The Kier molecular flexibility index (Phi) is 13.7. The lowest BCUT2D eigenvalue weighted by molar-refractivity contribution is 0.00771. The Morgan fingerprint density at radius 3 is 1.71 bits per heavy atom. The molecule has 0 amide bonds. The standard InChI is InChI=1S/C40H58O2/c1-29(17-13-19-31(3)21-23-37-33(5)25-35(41)27-39(37,7)8)15-11-12-16-30(2)18-14-20-32(4)22-24-38-34(6)26-36(42)28-40(38,9)10/h11-24,33,35-37,41-42H,25-28H2,1-10H3/b12-11+,17-13+,18-14+,23-21+,24-22+,29-15+,30-16+,31-19+,32-20+. The molecule has 2 heteroatoms. The Labute approximate surface area is 258 Å². The Balaban J connectivity index is 1.88. The number of rotatable bonds is 10. The molecule has 0 saturated heterocycles. The normalized spacial score (nSPS) is 28.5. The molecule has 2 rings (SSSR count). The monoisotopic (exact) mass is 570 g/mol. The second kappa shape index (κ2) is 16.2. The van der Waals surface area contributed by atoms with Crippen LogP contribution in [-0.2, 0) is 0 Å². The van der Waals surface area contributed by atoms with E-state index < -0.39 is 0 Å². The molecule has 0 aromatic carbocycles. The van der Waals surface area contributed by atoms with Crippen LogP contribution in [0.5, 0.6) is 0 Å². The van der Waals surface area contributed by atoms with Crippen LogP contribution in [0.25, 0.3) is 0 Å². The van der Waals surface area contributed by atoms with Gasteiger partial charge in [-0.25, -0.2) is 0 Å². The summed E-state index contributed by atoms with van der Waals surface area (Å²) in [5, 5.41) is 20.2. The van der Waals surface area contributed by atoms with E-state index in [-0.39, 0.29) is 23.0 Å². The average molecular weight is 571 g/mol. The molecular formula is C40H58O2. The molecule has 0 aromatic rings. The SMILES string of the molecule is CC1=C(/C=C/C(C)=C/C=C/C(C)=C/C=C/C=C(C)/C=C/C=C(C)/C=C/C2C(C)CC(O)CC2(C)C)C(C)(C)CC(O)C1. The smallest absolute Gasteiger partial charge is 0.0585 e. The predicted molar refractivity (Wildman–Crippen MR) is 184 cm³/mol. The summed E-state index contributed by atoms with van der Waals surface area (Å²) in [6, 6.07) is 0. The van der Waals surface area contributed by atoms with Gasteiger partial charge in [-0.2, -0.15) is 0 Å². The molecule has 230 valence electrons. The first-order valence-electron chi connectivity index (χ1n) is 15.7. The molecular weight excluding hydrogens is 512 g/mol. The highest BCUT2D eigenvalue weighted by molar-refractivity contribution is 5.38. The van der Waals surface area contributed by atoms with Crippen LogP contribution in [0, 0.1) is 22.7 Å². The van der Waals surface area contributed by atoms with E-state index >= 15 is 0 Å². The molecule has 42 heavy (non-hydrogen) atoms. The Hall–Kier alpha value is -2.68. The van der Waals surface area contributed by atoms with Crippen molar-refractivity contribution in [3.63, 3.8) is 0 Å². The summed E-state index contributed by atoms with van der Waals surface area (Å²) in [5.74, 6) is 0.982. The maximum Gasteiger partial charge on any atom is 0.0585 e. The van der Waals surface area contributed by atoms with E-state index in [1.807, 2.05) is 0 Å². The minimum Gasteiger partial charge on any atom is -0.393 e. The van der Waals surface area contributed by atoms with Gasteiger partial charge in [-0.1, -0.05) is 148 Å². The highest BCUT2D eigenvalue weighted by Gasteiger charge is 2.39. The second-order valence-electron chi connectivity index (χ2n) is 14.2. The highest BCUT2D eigenvalue weighted by atomic mass is 16.3. The molecule has 0 radical (unpaired) electrons. The molecule has 2 aliphatic rings. The van der Waals surface area contributed by atoms with Crippen molar-refractivity contribution in [2.45, 2.75) is 107 Å². The van der Waals surface area contributed by atoms with Crippen LogP contribution in [0.15, 0.2) is 119 Å². The minimum absolute atomic E-state index is 0.00691. The zero-order valence-electron chi connectivity index (χ0n) is 28.1. The van der Waals surface area contributed by atoms with Crippen molar-refractivity contribution in [1.29, 1.82) is 0 Å². The molecule has 1 fully saturated rings. The lowest BCUT2D eigenvalue weighted by Crippen LogP contribution is -2.38. The predicted octanol–water partition coefficient (Wildman–Crippen LogP) is 10.5. The Morgan fingerprint density at radius 1 is 0.690 bits per heavy atom. The lowest BCUT2D eigenvalue weighted by Gasteiger charge is -2.43. The van der Waals surface area contributed by atoms with Gasteiger partial charge in [-0.3, -0.25) is 0 Å². The number of allylic oxidation sites excluding steroid dienone is 19. The van der Waals surface area contributed by atoms with E-state index in [4.69, 9.17) is 0 Å². The fourth-order valence-corrected chi connectivity index (χ4v) is 6.61. The largest absolute Gasteiger partial charge is 0.393 e. The Bertz CT molecular complexity index is 1220. The summed E-state index contributed by atoms with van der Waals surface area (Å²) in [5.41, 5.74) is 7.60. The molecule has 2 nitrogen and oxygen atoms in total. The minimum atomic E-state index is -0.225. The molecule has 4 unspecified atom stereocenters. The summed E-state index contributed by atoms with van der Waals surface area (Å²) in [6.07, 6.45) is 33.1. The van der Waals surface area contributed by atoms with Crippen LogP contribution in [0.4, 0.5) is 0 Å². The zero-order chi connectivity index (χ0) is 31.5. The van der Waals surface area contributed by atoms with Gasteiger partial charge in [0, 0.05) is 0 Å². The molecule has 0 aromatic heterocycles. The molecule has 0 spiro atoms. The van der Waals surface area contributed by atoms with Gasteiger partial charge in [0.1, 0.15) is 0 Å². The maximum atomic E-state index is 10.1. The van der Waals surface area contributed by atoms with Crippen molar-refractivity contribution in [1.82, 2.24) is 0 Å². The Morgan fingerprint density at radius 2 is 1.19 bits per heavy atom. The third kappa shape index (κ3) is 11.9. The summed E-state index contributed by atoms with van der Waals surface area (Å²) < 4.78 is 0. The summed E-state index contributed by atoms with van der Waals surface area (Å²) in [6.45, 7) is 21.9. The first-order valence-corrected chi connectivity index (χ1v) is 15.7. The molecule has 2 N–H and O–H groups in total. The van der Waals surface area contributed by atoms with Crippen LogP contribution in [0.1, 0.15) is 94.9 Å². The molecule has 1 saturated carbocycles. The molecule has 0 heterocycles.